The first-order chi connectivity index (χ1) is 9.90. The van der Waals surface area contributed by atoms with Gasteiger partial charge in [-0.3, -0.25) is 4.68 Å². The highest BCUT2D eigenvalue weighted by Crippen LogP contribution is 2.33. The highest BCUT2D eigenvalue weighted by Gasteiger charge is 2.22. The smallest absolute Gasteiger partial charge is 0.124 e. The maximum Gasteiger partial charge on any atom is 0.124 e. The number of halogens is 3. The Labute approximate surface area is 138 Å². The monoisotopic (exact) mass is 347 g/mol. The predicted molar refractivity (Wildman–Crippen MR) is 86.3 cm³/mol. The first-order valence-corrected chi connectivity index (χ1v) is 7.52. The third-order valence-electron chi connectivity index (χ3n) is 3.10. The van der Waals surface area contributed by atoms with Crippen LogP contribution in [0.25, 0.3) is 0 Å². The zero-order valence-corrected chi connectivity index (χ0v) is 14.0. The van der Waals surface area contributed by atoms with Crippen LogP contribution in [0.5, 0.6) is 0 Å². The molecule has 21 heavy (non-hydrogen) atoms. The summed E-state index contributed by atoms with van der Waals surface area (Å²) in [5.74, 6) is 0. The van der Waals surface area contributed by atoms with E-state index >= 15 is 0 Å². The maximum absolute atomic E-state index is 10.6. The highest BCUT2D eigenvalue weighted by molar-refractivity contribution is 6.34. The van der Waals surface area contributed by atoms with Crippen LogP contribution in [0, 0.1) is 0 Å². The van der Waals surface area contributed by atoms with Gasteiger partial charge in [-0.2, -0.15) is 5.10 Å². The molecule has 1 aromatic carbocycles. The second-order valence-electron chi connectivity index (χ2n) is 4.97. The molecule has 0 aliphatic heterocycles. The van der Waals surface area contributed by atoms with E-state index in [0.29, 0.717) is 32.9 Å². The van der Waals surface area contributed by atoms with Crippen LogP contribution in [-0.2, 0) is 6.54 Å². The molecule has 1 atom stereocenters. The van der Waals surface area contributed by atoms with Crippen LogP contribution in [0.4, 0.5) is 0 Å². The summed E-state index contributed by atoms with van der Waals surface area (Å²) in [4.78, 5) is 2.03. The largest absolute Gasteiger partial charge is 0.382 e. The SMILES string of the molecule is CN(C)CCn1ncc(Cl)c1C(O)c1cc(Cl)ccc1Cl. The molecule has 1 aromatic heterocycles. The number of nitrogens with zero attached hydrogens (tertiary/aromatic N) is 3. The van der Waals surface area contributed by atoms with E-state index in [-0.39, 0.29) is 0 Å². The first-order valence-electron chi connectivity index (χ1n) is 6.39. The summed E-state index contributed by atoms with van der Waals surface area (Å²) in [7, 11) is 3.93. The molecule has 0 amide bonds. The van der Waals surface area contributed by atoms with Gasteiger partial charge in [-0.15, -0.1) is 0 Å². The summed E-state index contributed by atoms with van der Waals surface area (Å²) in [6.07, 6.45) is 0.544. The van der Waals surface area contributed by atoms with Gasteiger partial charge in [0, 0.05) is 22.2 Å². The van der Waals surface area contributed by atoms with Crippen LogP contribution in [0.3, 0.4) is 0 Å². The van der Waals surface area contributed by atoms with Crippen molar-refractivity contribution in [2.75, 3.05) is 20.6 Å². The van der Waals surface area contributed by atoms with Crippen molar-refractivity contribution in [3.8, 4) is 0 Å². The second-order valence-corrected chi connectivity index (χ2v) is 6.22. The van der Waals surface area contributed by atoms with Gasteiger partial charge < -0.3 is 10.0 Å². The minimum absolute atomic E-state index is 0.400. The minimum atomic E-state index is -0.978. The summed E-state index contributed by atoms with van der Waals surface area (Å²) in [6.45, 7) is 1.39. The molecular weight excluding hydrogens is 333 g/mol. The summed E-state index contributed by atoms with van der Waals surface area (Å²) >= 11 is 18.3. The Kier molecular flexibility index (Phi) is 5.52. The fourth-order valence-electron chi connectivity index (χ4n) is 1.99. The van der Waals surface area contributed by atoms with Crippen LogP contribution < -0.4 is 0 Å². The molecule has 2 aromatic rings. The van der Waals surface area contributed by atoms with Crippen LogP contribution in [-0.4, -0.2) is 40.4 Å². The van der Waals surface area contributed by atoms with Gasteiger partial charge >= 0.3 is 0 Å². The van der Waals surface area contributed by atoms with Crippen molar-refractivity contribution in [3.63, 3.8) is 0 Å². The molecule has 0 bridgehead atoms. The van der Waals surface area contributed by atoms with Gasteiger partial charge in [0.05, 0.1) is 23.5 Å². The molecule has 4 nitrogen and oxygen atoms in total. The number of rotatable bonds is 5. The number of hydrogen-bond donors (Lipinski definition) is 1. The molecule has 0 saturated carbocycles. The van der Waals surface area contributed by atoms with Gasteiger partial charge in [0.15, 0.2) is 0 Å². The molecule has 0 aliphatic carbocycles. The van der Waals surface area contributed by atoms with Crippen LogP contribution in [0.1, 0.15) is 17.4 Å². The topological polar surface area (TPSA) is 41.3 Å². The van der Waals surface area contributed by atoms with Crippen LogP contribution in [0.15, 0.2) is 24.4 Å². The third kappa shape index (κ3) is 3.90. The quantitative estimate of drug-likeness (QED) is 0.899. The van der Waals surface area contributed by atoms with E-state index in [9.17, 15) is 5.11 Å². The standard InChI is InChI=1S/C14H16Cl3N3O/c1-19(2)5-6-20-13(12(17)8-18-20)14(21)10-7-9(15)3-4-11(10)16/h3-4,7-8,14,21H,5-6H2,1-2H3. The zero-order valence-electron chi connectivity index (χ0n) is 11.7. The molecule has 0 saturated heterocycles. The Bertz CT molecular complexity index is 628. The Balaban J connectivity index is 2.36. The summed E-state index contributed by atoms with van der Waals surface area (Å²) < 4.78 is 1.68. The normalized spacial score (nSPS) is 12.9. The van der Waals surface area contributed by atoms with E-state index < -0.39 is 6.10 Å². The van der Waals surface area contributed by atoms with Crippen molar-refractivity contribution in [2.24, 2.45) is 0 Å². The van der Waals surface area contributed by atoms with E-state index in [2.05, 4.69) is 5.10 Å². The lowest BCUT2D eigenvalue weighted by molar-refractivity contribution is 0.206. The molecule has 2 rings (SSSR count). The molecule has 1 unspecified atom stereocenters. The Morgan fingerprint density at radius 2 is 1.95 bits per heavy atom. The van der Waals surface area contributed by atoms with Gasteiger partial charge in [0.25, 0.3) is 0 Å². The fourth-order valence-corrected chi connectivity index (χ4v) is 2.63. The number of likely N-dealkylation sites (N-methyl/N-ethyl adjacent to an activating group) is 1. The molecule has 114 valence electrons. The molecule has 0 aliphatic rings. The van der Waals surface area contributed by atoms with E-state index in [1.807, 2.05) is 19.0 Å². The lowest BCUT2D eigenvalue weighted by Crippen LogP contribution is -2.21. The van der Waals surface area contributed by atoms with E-state index in [1.54, 1.807) is 22.9 Å². The van der Waals surface area contributed by atoms with Crippen molar-refractivity contribution in [2.45, 2.75) is 12.6 Å². The average Bonchev–Trinajstić information content (AvgIpc) is 2.79. The molecule has 0 spiro atoms. The van der Waals surface area contributed by atoms with Crippen LogP contribution >= 0.6 is 34.8 Å². The average molecular weight is 349 g/mol. The third-order valence-corrected chi connectivity index (χ3v) is 3.97. The Morgan fingerprint density at radius 1 is 1.24 bits per heavy atom. The highest BCUT2D eigenvalue weighted by atomic mass is 35.5. The van der Waals surface area contributed by atoms with Crippen LogP contribution in [0.2, 0.25) is 15.1 Å². The van der Waals surface area contributed by atoms with Gasteiger partial charge in [-0.1, -0.05) is 34.8 Å². The zero-order chi connectivity index (χ0) is 15.6. The van der Waals surface area contributed by atoms with Crippen molar-refractivity contribution in [3.05, 3.63) is 50.7 Å². The lowest BCUT2D eigenvalue weighted by atomic mass is 10.1. The molecule has 1 N–H and O–H groups in total. The Morgan fingerprint density at radius 3 is 2.62 bits per heavy atom. The predicted octanol–water partition coefficient (Wildman–Crippen LogP) is 3.49. The number of aromatic nitrogens is 2. The van der Waals surface area contributed by atoms with E-state index in [1.165, 1.54) is 6.20 Å². The van der Waals surface area contributed by atoms with Gasteiger partial charge in [0.2, 0.25) is 0 Å². The number of aliphatic hydroxyl groups is 1. The number of hydrogen-bond acceptors (Lipinski definition) is 3. The minimum Gasteiger partial charge on any atom is -0.382 e. The molecule has 0 fully saturated rings. The van der Waals surface area contributed by atoms with Crippen molar-refractivity contribution in [1.82, 2.24) is 14.7 Å². The number of aliphatic hydroxyl groups excluding tert-OH is 1. The van der Waals surface area contributed by atoms with Gasteiger partial charge in [0.1, 0.15) is 6.10 Å². The first kappa shape index (κ1) is 16.6. The lowest BCUT2D eigenvalue weighted by Gasteiger charge is -2.17. The summed E-state index contributed by atoms with van der Waals surface area (Å²) in [5, 5.41) is 16.2. The van der Waals surface area contributed by atoms with Crippen molar-refractivity contribution in [1.29, 1.82) is 0 Å². The molecule has 7 heteroatoms. The summed E-state index contributed by atoms with van der Waals surface area (Å²) in [5.41, 5.74) is 1.03. The molecule has 1 heterocycles. The second kappa shape index (κ2) is 6.99. The van der Waals surface area contributed by atoms with Crippen molar-refractivity contribution < 1.29 is 5.11 Å². The van der Waals surface area contributed by atoms with Gasteiger partial charge in [-0.25, -0.2) is 0 Å². The Hall–Kier alpha value is -0.780. The molecule has 0 radical (unpaired) electrons. The maximum atomic E-state index is 10.6. The molecular formula is C14H16Cl3N3O. The summed E-state index contributed by atoms with van der Waals surface area (Å²) in [6, 6.07) is 4.95. The fraction of sp³-hybridized carbons (Fsp3) is 0.357. The number of benzene rings is 1. The van der Waals surface area contributed by atoms with E-state index in [4.69, 9.17) is 34.8 Å². The van der Waals surface area contributed by atoms with Crippen molar-refractivity contribution >= 4 is 34.8 Å². The van der Waals surface area contributed by atoms with Gasteiger partial charge in [-0.05, 0) is 32.3 Å². The van der Waals surface area contributed by atoms with E-state index in [0.717, 1.165) is 6.54 Å².